The number of hydrogen-bond donors (Lipinski definition) is 2. The molecule has 0 bridgehead atoms. The van der Waals surface area contributed by atoms with Crippen molar-refractivity contribution in [2.24, 2.45) is 0 Å². The molecule has 0 spiro atoms. The van der Waals surface area contributed by atoms with Crippen LogP contribution >= 0.6 is 23.8 Å². The van der Waals surface area contributed by atoms with Crippen LogP contribution in [0.4, 0.5) is 11.4 Å². The predicted octanol–water partition coefficient (Wildman–Crippen LogP) is 5.11. The highest BCUT2D eigenvalue weighted by Gasteiger charge is 2.23. The summed E-state index contributed by atoms with van der Waals surface area (Å²) in [6, 6.07) is 8.70. The largest absolute Gasteiger partial charge is 0.490 e. The third-order valence-corrected chi connectivity index (χ3v) is 6.48. The zero-order valence-corrected chi connectivity index (χ0v) is 24.5. The Bertz CT molecular complexity index is 1140. The van der Waals surface area contributed by atoms with Gasteiger partial charge in [-0.05, 0) is 69.7 Å². The van der Waals surface area contributed by atoms with Crippen molar-refractivity contribution in [2.45, 2.75) is 40.5 Å². The maximum atomic E-state index is 13.2. The van der Waals surface area contributed by atoms with Crippen LogP contribution < -0.4 is 29.7 Å². The van der Waals surface area contributed by atoms with Gasteiger partial charge in [-0.15, -0.1) is 0 Å². The lowest BCUT2D eigenvalue weighted by Gasteiger charge is -2.37. The molecule has 1 heterocycles. The zero-order chi connectivity index (χ0) is 28.4. The number of benzene rings is 2. The van der Waals surface area contributed by atoms with Crippen LogP contribution in [0.5, 0.6) is 17.2 Å². The smallest absolute Gasteiger partial charge is 0.257 e. The summed E-state index contributed by atoms with van der Waals surface area (Å²) >= 11 is 11.8. The Labute approximate surface area is 240 Å². The first-order valence-electron chi connectivity index (χ1n) is 13.3. The van der Waals surface area contributed by atoms with E-state index in [-0.39, 0.29) is 11.0 Å². The van der Waals surface area contributed by atoms with Gasteiger partial charge >= 0.3 is 0 Å². The number of piperazine rings is 1. The number of hydrogen-bond acceptors (Lipinski definition) is 7. The molecule has 0 aliphatic carbocycles. The molecule has 1 aliphatic heterocycles. The molecule has 9 nitrogen and oxygen atoms in total. The number of thiocarbonyl (C=S) groups is 1. The maximum Gasteiger partial charge on any atom is 0.257 e. The van der Waals surface area contributed by atoms with E-state index in [9.17, 15) is 9.59 Å². The fraction of sp³-hybridized carbons (Fsp3) is 0.464. The lowest BCUT2D eigenvalue weighted by Crippen LogP contribution is -2.49. The van der Waals surface area contributed by atoms with Crippen LogP contribution in [0.1, 0.15) is 50.9 Å². The van der Waals surface area contributed by atoms with Crippen molar-refractivity contribution in [3.05, 3.63) is 40.9 Å². The Balaban J connectivity index is 1.74. The Kier molecular flexibility index (Phi) is 11.5. The Morgan fingerprint density at radius 1 is 0.923 bits per heavy atom. The van der Waals surface area contributed by atoms with Crippen LogP contribution in [0.2, 0.25) is 5.02 Å². The molecular weight excluding hydrogens is 540 g/mol. The molecule has 0 atom stereocenters. The molecule has 1 aliphatic rings. The van der Waals surface area contributed by atoms with Crippen LogP contribution in [0.25, 0.3) is 0 Å². The first-order valence-corrected chi connectivity index (χ1v) is 14.1. The van der Waals surface area contributed by atoms with Gasteiger partial charge in [0.15, 0.2) is 16.6 Å². The van der Waals surface area contributed by atoms with E-state index in [1.807, 2.05) is 44.7 Å². The van der Waals surface area contributed by atoms with Crippen LogP contribution in [0, 0.1) is 0 Å². The molecule has 2 amide bonds. The van der Waals surface area contributed by atoms with Crippen LogP contribution in [-0.2, 0) is 4.79 Å². The molecule has 2 aromatic carbocycles. The van der Waals surface area contributed by atoms with Crippen molar-refractivity contribution in [1.82, 2.24) is 10.2 Å². The van der Waals surface area contributed by atoms with E-state index in [1.165, 1.54) is 0 Å². The first-order chi connectivity index (χ1) is 18.8. The van der Waals surface area contributed by atoms with Gasteiger partial charge in [-0.1, -0.05) is 18.5 Å². The number of amides is 2. The van der Waals surface area contributed by atoms with E-state index in [0.717, 1.165) is 12.1 Å². The van der Waals surface area contributed by atoms with Gasteiger partial charge in [-0.3, -0.25) is 14.9 Å². The Morgan fingerprint density at radius 3 is 2.10 bits per heavy atom. The van der Waals surface area contributed by atoms with Gasteiger partial charge < -0.3 is 29.3 Å². The van der Waals surface area contributed by atoms with Crippen molar-refractivity contribution < 1.29 is 23.8 Å². The Morgan fingerprint density at radius 2 is 1.54 bits per heavy atom. The average molecular weight is 577 g/mol. The minimum atomic E-state index is -0.427. The normalized spacial score (nSPS) is 13.1. The number of halogens is 1. The van der Waals surface area contributed by atoms with Gasteiger partial charge in [-0.2, -0.15) is 0 Å². The van der Waals surface area contributed by atoms with Gasteiger partial charge in [0.05, 0.1) is 31.2 Å². The number of nitrogens with one attached hydrogen (secondary N) is 2. The summed E-state index contributed by atoms with van der Waals surface area (Å²) < 4.78 is 17.2. The molecule has 2 N–H and O–H groups in total. The minimum absolute atomic E-state index is 0.116. The van der Waals surface area contributed by atoms with E-state index in [4.69, 9.17) is 38.0 Å². The molecule has 0 unspecified atom stereocenters. The molecule has 0 aromatic heterocycles. The Hall–Kier alpha value is -3.24. The number of rotatable bonds is 11. The lowest BCUT2D eigenvalue weighted by atomic mass is 10.1. The zero-order valence-electron chi connectivity index (χ0n) is 23.0. The predicted molar refractivity (Wildman–Crippen MR) is 159 cm³/mol. The highest BCUT2D eigenvalue weighted by Crippen LogP contribution is 2.39. The molecule has 3 rings (SSSR count). The molecule has 11 heteroatoms. The lowest BCUT2D eigenvalue weighted by molar-refractivity contribution is -0.131. The highest BCUT2D eigenvalue weighted by molar-refractivity contribution is 7.80. The molecule has 1 fully saturated rings. The van der Waals surface area contributed by atoms with Crippen molar-refractivity contribution in [3.8, 4) is 17.2 Å². The fourth-order valence-electron chi connectivity index (χ4n) is 4.30. The molecule has 39 heavy (non-hydrogen) atoms. The second-order valence-electron chi connectivity index (χ2n) is 8.79. The standard InChI is InChI=1S/C28H37ClN4O5S/c1-5-9-25(34)33-14-12-32(13-15-33)22-11-10-20(29)18-21(22)30-28(39)31-27(35)19-16-23(36-6-2)26(38-8-4)24(17-19)37-7-3/h10-11,16-18H,5-9,12-15H2,1-4H3,(H2,30,31,35,39). The quantitative estimate of drug-likeness (QED) is 0.357. The van der Waals surface area contributed by atoms with Gasteiger partial charge in [0.2, 0.25) is 11.7 Å². The highest BCUT2D eigenvalue weighted by atomic mass is 35.5. The second-order valence-corrected chi connectivity index (χ2v) is 9.63. The van der Waals surface area contributed by atoms with Crippen molar-refractivity contribution >= 4 is 52.1 Å². The van der Waals surface area contributed by atoms with E-state index < -0.39 is 5.91 Å². The number of nitrogens with zero attached hydrogens (tertiary/aromatic N) is 2. The molecule has 0 radical (unpaired) electrons. The first kappa shape index (κ1) is 30.3. The van der Waals surface area contributed by atoms with Crippen molar-refractivity contribution in [3.63, 3.8) is 0 Å². The van der Waals surface area contributed by atoms with Crippen molar-refractivity contribution in [2.75, 3.05) is 56.2 Å². The van der Waals surface area contributed by atoms with Gasteiger partial charge in [0, 0.05) is 43.2 Å². The molecule has 1 saturated heterocycles. The van der Waals surface area contributed by atoms with Crippen LogP contribution in [-0.4, -0.2) is 67.8 Å². The summed E-state index contributed by atoms with van der Waals surface area (Å²) in [5.41, 5.74) is 1.86. The fourth-order valence-corrected chi connectivity index (χ4v) is 4.68. The summed E-state index contributed by atoms with van der Waals surface area (Å²) in [4.78, 5) is 29.5. The van der Waals surface area contributed by atoms with Crippen molar-refractivity contribution in [1.29, 1.82) is 0 Å². The van der Waals surface area contributed by atoms with Gasteiger partial charge in [0.1, 0.15) is 0 Å². The molecule has 212 valence electrons. The summed E-state index contributed by atoms with van der Waals surface area (Å²) in [7, 11) is 0. The maximum absolute atomic E-state index is 13.2. The third kappa shape index (κ3) is 8.12. The third-order valence-electron chi connectivity index (χ3n) is 6.04. The summed E-state index contributed by atoms with van der Waals surface area (Å²) in [5.74, 6) is 1.05. The molecule has 0 saturated carbocycles. The summed E-state index contributed by atoms with van der Waals surface area (Å²) in [5, 5.41) is 6.50. The monoisotopic (exact) mass is 576 g/mol. The number of ether oxygens (including phenoxy) is 3. The minimum Gasteiger partial charge on any atom is -0.490 e. The van der Waals surface area contributed by atoms with E-state index >= 15 is 0 Å². The molecule has 2 aromatic rings. The topological polar surface area (TPSA) is 92.4 Å². The summed E-state index contributed by atoms with van der Waals surface area (Å²) in [6.07, 6.45) is 1.40. The van der Waals surface area contributed by atoms with Gasteiger partial charge in [0.25, 0.3) is 5.91 Å². The van der Waals surface area contributed by atoms with E-state index in [2.05, 4.69) is 15.5 Å². The van der Waals surface area contributed by atoms with E-state index in [1.54, 1.807) is 18.2 Å². The summed E-state index contributed by atoms with van der Waals surface area (Å²) in [6.45, 7) is 11.4. The number of carbonyl (C=O) groups excluding carboxylic acids is 2. The number of anilines is 2. The average Bonchev–Trinajstić information content (AvgIpc) is 2.91. The molecular formula is C28H37ClN4O5S. The van der Waals surface area contributed by atoms with E-state index in [0.29, 0.717) is 85.9 Å². The SMILES string of the molecule is CCCC(=O)N1CCN(c2ccc(Cl)cc2NC(=S)NC(=O)c2cc(OCC)c(OCC)c(OCC)c2)CC1. The second kappa shape index (κ2) is 14.8. The number of carbonyl (C=O) groups is 2. The van der Waals surface area contributed by atoms with Gasteiger partial charge in [-0.25, -0.2) is 0 Å². The van der Waals surface area contributed by atoms with Crippen LogP contribution in [0.3, 0.4) is 0 Å². The van der Waals surface area contributed by atoms with Crippen LogP contribution in [0.15, 0.2) is 30.3 Å².